The van der Waals surface area contributed by atoms with Crippen molar-refractivity contribution in [2.75, 3.05) is 13.1 Å². The third-order valence-corrected chi connectivity index (χ3v) is 4.56. The molecule has 3 N–H and O–H groups in total. The van der Waals surface area contributed by atoms with Gasteiger partial charge in [-0.15, -0.1) is 11.3 Å². The molecule has 1 atom stereocenters. The van der Waals surface area contributed by atoms with Gasteiger partial charge in [-0.05, 0) is 46.0 Å². The van der Waals surface area contributed by atoms with Crippen LogP contribution in [-0.2, 0) is 0 Å². The molecule has 0 saturated heterocycles. The maximum absolute atomic E-state index is 5.78. The minimum absolute atomic E-state index is 0.00947. The van der Waals surface area contributed by atoms with E-state index in [0.29, 0.717) is 0 Å². The first kappa shape index (κ1) is 14.6. The third kappa shape index (κ3) is 3.07. The highest BCUT2D eigenvalue weighted by Gasteiger charge is 2.35. The molecule has 3 nitrogen and oxygen atoms in total. The molecule has 1 heterocycles. The highest BCUT2D eigenvalue weighted by molar-refractivity contribution is 7.12. The molecule has 0 aliphatic rings. The molecule has 0 bridgehead atoms. The van der Waals surface area contributed by atoms with E-state index in [2.05, 4.69) is 57.1 Å². The normalized spacial score (nSPS) is 14.3. The first-order valence-electron chi connectivity index (χ1n) is 6.24. The summed E-state index contributed by atoms with van der Waals surface area (Å²) in [5, 5.41) is 0. The Labute approximate surface area is 109 Å². The fourth-order valence-corrected chi connectivity index (χ4v) is 3.58. The number of rotatable bonds is 6. The number of nitrogens with one attached hydrogen (secondary N) is 1. The average molecular weight is 255 g/mol. The molecule has 0 radical (unpaired) electrons. The number of nitrogens with zero attached hydrogens (tertiary/aromatic N) is 1. The van der Waals surface area contributed by atoms with E-state index in [1.54, 1.807) is 0 Å². The molecule has 0 aliphatic carbocycles. The summed E-state index contributed by atoms with van der Waals surface area (Å²) in [5.74, 6) is 5.78. The smallest absolute Gasteiger partial charge is 0.0731 e. The minimum atomic E-state index is 0.00947. The summed E-state index contributed by atoms with van der Waals surface area (Å²) in [7, 11) is 0. The van der Waals surface area contributed by atoms with Crippen LogP contribution in [-0.4, -0.2) is 23.5 Å². The first-order chi connectivity index (χ1) is 7.97. The fourth-order valence-electron chi connectivity index (χ4n) is 2.46. The number of aryl methyl sites for hydroxylation is 1. The van der Waals surface area contributed by atoms with Crippen molar-refractivity contribution in [2.24, 2.45) is 5.84 Å². The molecule has 0 aliphatic heterocycles. The molecule has 0 aromatic carbocycles. The SMILES string of the molecule is CCN(CC)C(C)(C)C(NN)c1ccc(C)s1. The van der Waals surface area contributed by atoms with Crippen molar-refractivity contribution >= 4 is 11.3 Å². The minimum Gasteiger partial charge on any atom is -0.297 e. The number of nitrogens with two attached hydrogens (primary N) is 1. The van der Waals surface area contributed by atoms with Crippen molar-refractivity contribution in [2.45, 2.75) is 46.2 Å². The van der Waals surface area contributed by atoms with Gasteiger partial charge < -0.3 is 0 Å². The summed E-state index contributed by atoms with van der Waals surface area (Å²) in [5.41, 5.74) is 3.00. The second kappa shape index (κ2) is 5.96. The fraction of sp³-hybridized carbons (Fsp3) is 0.692. The van der Waals surface area contributed by atoms with Gasteiger partial charge in [0.05, 0.1) is 6.04 Å². The van der Waals surface area contributed by atoms with Gasteiger partial charge >= 0.3 is 0 Å². The van der Waals surface area contributed by atoms with Crippen molar-refractivity contribution in [1.82, 2.24) is 10.3 Å². The van der Waals surface area contributed by atoms with Crippen LogP contribution in [0.2, 0.25) is 0 Å². The third-order valence-electron chi connectivity index (χ3n) is 3.50. The highest BCUT2D eigenvalue weighted by Crippen LogP contribution is 2.34. The van der Waals surface area contributed by atoms with E-state index in [1.807, 2.05) is 11.3 Å². The van der Waals surface area contributed by atoms with Gasteiger partial charge in [0, 0.05) is 15.3 Å². The summed E-state index contributed by atoms with van der Waals surface area (Å²) in [6, 6.07) is 4.50. The Morgan fingerprint density at radius 1 is 1.35 bits per heavy atom. The van der Waals surface area contributed by atoms with E-state index >= 15 is 0 Å². The lowest BCUT2D eigenvalue weighted by molar-refractivity contribution is 0.0926. The van der Waals surface area contributed by atoms with E-state index in [1.165, 1.54) is 9.75 Å². The maximum atomic E-state index is 5.78. The zero-order chi connectivity index (χ0) is 13.1. The van der Waals surface area contributed by atoms with Gasteiger partial charge in [0.25, 0.3) is 0 Å². The lowest BCUT2D eigenvalue weighted by Gasteiger charge is -2.42. The summed E-state index contributed by atoms with van der Waals surface area (Å²) in [6.45, 7) is 13.1. The van der Waals surface area contributed by atoms with Gasteiger partial charge in [-0.25, -0.2) is 0 Å². The zero-order valence-electron chi connectivity index (χ0n) is 11.6. The molecule has 1 unspecified atom stereocenters. The Morgan fingerprint density at radius 3 is 2.29 bits per heavy atom. The topological polar surface area (TPSA) is 41.3 Å². The summed E-state index contributed by atoms with van der Waals surface area (Å²) in [4.78, 5) is 5.07. The van der Waals surface area contributed by atoms with Crippen molar-refractivity contribution in [3.63, 3.8) is 0 Å². The van der Waals surface area contributed by atoms with E-state index in [-0.39, 0.29) is 11.6 Å². The van der Waals surface area contributed by atoms with Gasteiger partial charge in [0.15, 0.2) is 0 Å². The summed E-state index contributed by atoms with van der Waals surface area (Å²) in [6.07, 6.45) is 0. The van der Waals surface area contributed by atoms with Crippen molar-refractivity contribution < 1.29 is 0 Å². The van der Waals surface area contributed by atoms with Gasteiger partial charge in [-0.2, -0.15) is 0 Å². The van der Waals surface area contributed by atoms with E-state index in [0.717, 1.165) is 13.1 Å². The molecule has 0 saturated carbocycles. The Balaban J connectivity index is 3.00. The van der Waals surface area contributed by atoms with Crippen LogP contribution in [0.3, 0.4) is 0 Å². The monoisotopic (exact) mass is 255 g/mol. The Bertz CT molecular complexity index is 342. The average Bonchev–Trinajstić information content (AvgIpc) is 2.66. The van der Waals surface area contributed by atoms with Crippen LogP contribution in [0.15, 0.2) is 12.1 Å². The second-order valence-corrected chi connectivity index (χ2v) is 6.19. The van der Waals surface area contributed by atoms with E-state index in [4.69, 9.17) is 5.84 Å². The number of likely N-dealkylation sites (N-methyl/N-ethyl adjacent to an activating group) is 1. The van der Waals surface area contributed by atoms with Crippen molar-refractivity contribution in [3.05, 3.63) is 21.9 Å². The molecular weight excluding hydrogens is 230 g/mol. The first-order valence-corrected chi connectivity index (χ1v) is 7.06. The second-order valence-electron chi connectivity index (χ2n) is 4.87. The molecular formula is C13H25N3S. The van der Waals surface area contributed by atoms with Crippen molar-refractivity contribution in [1.29, 1.82) is 0 Å². The van der Waals surface area contributed by atoms with Crippen LogP contribution in [0.25, 0.3) is 0 Å². The lowest BCUT2D eigenvalue weighted by atomic mass is 9.91. The number of hydrogen-bond donors (Lipinski definition) is 2. The number of thiophene rings is 1. The van der Waals surface area contributed by atoms with Crippen LogP contribution in [0.4, 0.5) is 0 Å². The molecule has 0 amide bonds. The molecule has 1 rings (SSSR count). The van der Waals surface area contributed by atoms with Crippen LogP contribution < -0.4 is 11.3 Å². The Hall–Kier alpha value is -0.420. The number of hydrogen-bond acceptors (Lipinski definition) is 4. The molecule has 0 spiro atoms. The molecule has 1 aromatic heterocycles. The molecule has 98 valence electrons. The standard InChI is InChI=1S/C13H25N3S/c1-6-16(7-2)13(4,5)12(15-14)11-9-8-10(3)17-11/h8-9,12,15H,6-7,14H2,1-5H3. The predicted octanol–water partition coefficient (Wildman–Crippen LogP) is 2.68. The van der Waals surface area contributed by atoms with Gasteiger partial charge in [-0.1, -0.05) is 13.8 Å². The van der Waals surface area contributed by atoms with Crippen molar-refractivity contribution in [3.8, 4) is 0 Å². The van der Waals surface area contributed by atoms with Gasteiger partial charge in [-0.3, -0.25) is 16.2 Å². The summed E-state index contributed by atoms with van der Waals surface area (Å²) >= 11 is 1.82. The molecule has 17 heavy (non-hydrogen) atoms. The maximum Gasteiger partial charge on any atom is 0.0731 e. The molecule has 1 aromatic rings. The molecule has 0 fully saturated rings. The quantitative estimate of drug-likeness (QED) is 0.606. The Morgan fingerprint density at radius 2 is 1.94 bits per heavy atom. The largest absolute Gasteiger partial charge is 0.297 e. The van der Waals surface area contributed by atoms with Crippen LogP contribution in [0.5, 0.6) is 0 Å². The van der Waals surface area contributed by atoms with Gasteiger partial charge in [0.2, 0.25) is 0 Å². The van der Waals surface area contributed by atoms with Crippen LogP contribution in [0, 0.1) is 6.92 Å². The van der Waals surface area contributed by atoms with E-state index < -0.39 is 0 Å². The highest BCUT2D eigenvalue weighted by atomic mass is 32.1. The Kier molecular flexibility index (Phi) is 5.13. The number of hydrazine groups is 1. The lowest BCUT2D eigenvalue weighted by Crippen LogP contribution is -2.53. The predicted molar refractivity (Wildman–Crippen MR) is 76.1 cm³/mol. The van der Waals surface area contributed by atoms with E-state index in [9.17, 15) is 0 Å². The van der Waals surface area contributed by atoms with Crippen LogP contribution >= 0.6 is 11.3 Å². The zero-order valence-corrected chi connectivity index (χ0v) is 12.4. The van der Waals surface area contributed by atoms with Crippen LogP contribution in [0.1, 0.15) is 43.5 Å². The summed E-state index contributed by atoms with van der Waals surface area (Å²) < 4.78 is 0. The molecule has 4 heteroatoms. The van der Waals surface area contributed by atoms with Gasteiger partial charge in [0.1, 0.15) is 0 Å².